The minimum absolute atomic E-state index is 0.403. The zero-order chi connectivity index (χ0) is 12.7. The molecule has 1 aliphatic rings. The van der Waals surface area contributed by atoms with Gasteiger partial charge in [0.05, 0.1) is 16.3 Å². The van der Waals surface area contributed by atoms with Crippen LogP contribution in [-0.2, 0) is 6.54 Å². The van der Waals surface area contributed by atoms with Gasteiger partial charge in [0.25, 0.3) is 5.91 Å². The van der Waals surface area contributed by atoms with E-state index in [2.05, 4.69) is 9.55 Å². The van der Waals surface area contributed by atoms with Crippen LogP contribution in [0.4, 0.5) is 0 Å². The van der Waals surface area contributed by atoms with Crippen molar-refractivity contribution in [2.45, 2.75) is 11.6 Å². The fraction of sp³-hybridized carbons (Fsp3) is 0.167. The Labute approximate surface area is 113 Å². The first-order valence-electron chi connectivity index (χ1n) is 5.45. The van der Waals surface area contributed by atoms with Crippen LogP contribution in [0.15, 0.2) is 29.4 Å². The number of fused-ring (bicyclic) bond motifs is 1. The lowest BCUT2D eigenvalue weighted by molar-refractivity contribution is 0.0997. The normalized spacial score (nSPS) is 13.6. The maximum absolute atomic E-state index is 11.4. The number of pyridine rings is 1. The lowest BCUT2D eigenvalue weighted by Gasteiger charge is -2.06. The minimum Gasteiger partial charge on any atom is -0.366 e. The van der Waals surface area contributed by atoms with Gasteiger partial charge in [-0.1, -0.05) is 11.6 Å². The van der Waals surface area contributed by atoms with E-state index in [1.807, 2.05) is 12.1 Å². The number of thioether (sulfide) groups is 1. The quantitative estimate of drug-likeness (QED) is 0.859. The number of hydrogen-bond acceptors (Lipinski definition) is 3. The lowest BCUT2D eigenvalue weighted by atomic mass is 10.2. The van der Waals surface area contributed by atoms with Crippen LogP contribution in [0.5, 0.6) is 0 Å². The van der Waals surface area contributed by atoms with E-state index >= 15 is 0 Å². The van der Waals surface area contributed by atoms with Crippen molar-refractivity contribution >= 4 is 29.3 Å². The molecule has 2 aromatic heterocycles. The molecule has 3 heterocycles. The van der Waals surface area contributed by atoms with Crippen LogP contribution in [-0.4, -0.2) is 21.2 Å². The number of aromatic nitrogens is 2. The molecule has 0 saturated heterocycles. The van der Waals surface area contributed by atoms with E-state index in [1.165, 1.54) is 0 Å². The molecule has 0 atom stereocenters. The van der Waals surface area contributed by atoms with Gasteiger partial charge in [0, 0.05) is 24.1 Å². The Morgan fingerprint density at radius 1 is 1.56 bits per heavy atom. The molecule has 92 valence electrons. The highest BCUT2D eigenvalue weighted by Gasteiger charge is 2.24. The topological polar surface area (TPSA) is 60.9 Å². The minimum atomic E-state index is -0.403. The SMILES string of the molecule is NC(=O)c1cc(-c2cccnc2Cl)n2c1SCC2. The second-order valence-corrected chi connectivity index (χ2v) is 5.40. The molecule has 1 amide bonds. The van der Waals surface area contributed by atoms with Crippen molar-refractivity contribution in [3.63, 3.8) is 0 Å². The highest BCUT2D eigenvalue weighted by Crippen LogP contribution is 2.38. The van der Waals surface area contributed by atoms with Crippen molar-refractivity contribution in [3.8, 4) is 11.3 Å². The number of amides is 1. The highest BCUT2D eigenvalue weighted by atomic mass is 35.5. The summed E-state index contributed by atoms with van der Waals surface area (Å²) < 4.78 is 2.08. The second kappa shape index (κ2) is 4.33. The molecule has 6 heteroatoms. The highest BCUT2D eigenvalue weighted by molar-refractivity contribution is 7.99. The number of nitrogens with zero attached hydrogens (tertiary/aromatic N) is 2. The number of primary amides is 1. The fourth-order valence-electron chi connectivity index (χ4n) is 2.12. The molecule has 18 heavy (non-hydrogen) atoms. The second-order valence-electron chi connectivity index (χ2n) is 3.95. The maximum atomic E-state index is 11.4. The van der Waals surface area contributed by atoms with Crippen molar-refractivity contribution in [2.75, 3.05) is 5.75 Å². The van der Waals surface area contributed by atoms with E-state index in [-0.39, 0.29) is 0 Å². The summed E-state index contributed by atoms with van der Waals surface area (Å²) in [6, 6.07) is 5.52. The average molecular weight is 280 g/mol. The van der Waals surface area contributed by atoms with E-state index in [4.69, 9.17) is 17.3 Å². The third-order valence-electron chi connectivity index (χ3n) is 2.90. The van der Waals surface area contributed by atoms with Crippen molar-refractivity contribution in [2.24, 2.45) is 5.73 Å². The Morgan fingerprint density at radius 3 is 3.11 bits per heavy atom. The van der Waals surface area contributed by atoms with Gasteiger partial charge in [-0.3, -0.25) is 4.79 Å². The third kappa shape index (κ3) is 1.71. The standard InChI is InChI=1S/C12H10ClN3OS/c13-10-7(2-1-3-15-10)9-6-8(11(14)17)12-16(9)4-5-18-12/h1-3,6H,4-5H2,(H2,14,17). The molecule has 0 aromatic carbocycles. The Kier molecular flexibility index (Phi) is 2.80. The Hall–Kier alpha value is -1.46. The largest absolute Gasteiger partial charge is 0.366 e. The van der Waals surface area contributed by atoms with Crippen molar-refractivity contribution in [3.05, 3.63) is 35.1 Å². The Morgan fingerprint density at radius 2 is 2.39 bits per heavy atom. The van der Waals surface area contributed by atoms with E-state index in [0.29, 0.717) is 10.7 Å². The molecule has 0 fully saturated rings. The van der Waals surface area contributed by atoms with Gasteiger partial charge in [-0.2, -0.15) is 0 Å². The molecule has 0 spiro atoms. The van der Waals surface area contributed by atoms with E-state index in [9.17, 15) is 4.79 Å². The summed E-state index contributed by atoms with van der Waals surface area (Å²) in [4.78, 5) is 15.5. The number of nitrogens with two attached hydrogens (primary N) is 1. The van der Waals surface area contributed by atoms with Gasteiger partial charge in [0.1, 0.15) is 5.15 Å². The number of rotatable bonds is 2. The monoisotopic (exact) mass is 279 g/mol. The predicted octanol–water partition coefficient (Wildman–Crippen LogP) is 2.41. The number of halogens is 1. The first-order valence-corrected chi connectivity index (χ1v) is 6.82. The molecule has 0 saturated carbocycles. The summed E-state index contributed by atoms with van der Waals surface area (Å²) in [5.74, 6) is 0.542. The van der Waals surface area contributed by atoms with Crippen LogP contribution >= 0.6 is 23.4 Å². The average Bonchev–Trinajstić information content (AvgIpc) is 2.90. The molecule has 3 rings (SSSR count). The summed E-state index contributed by atoms with van der Waals surface area (Å²) in [5, 5.41) is 1.36. The molecule has 2 aromatic rings. The van der Waals surface area contributed by atoms with Crippen LogP contribution in [0.3, 0.4) is 0 Å². The van der Waals surface area contributed by atoms with Crippen LogP contribution in [0.1, 0.15) is 10.4 Å². The van der Waals surface area contributed by atoms with Crippen molar-refractivity contribution in [1.82, 2.24) is 9.55 Å². The van der Waals surface area contributed by atoms with Gasteiger partial charge in [0.2, 0.25) is 0 Å². The molecule has 0 radical (unpaired) electrons. The molecule has 0 bridgehead atoms. The van der Waals surface area contributed by atoms with Gasteiger partial charge in [-0.25, -0.2) is 4.98 Å². The number of hydrogen-bond donors (Lipinski definition) is 1. The Balaban J connectivity index is 2.23. The maximum Gasteiger partial charge on any atom is 0.251 e. The molecule has 4 nitrogen and oxygen atoms in total. The molecular formula is C12H10ClN3OS. The van der Waals surface area contributed by atoms with Gasteiger partial charge in [-0.15, -0.1) is 11.8 Å². The fourth-order valence-corrected chi connectivity index (χ4v) is 3.46. The third-order valence-corrected chi connectivity index (χ3v) is 4.30. The zero-order valence-corrected chi connectivity index (χ0v) is 11.0. The van der Waals surface area contributed by atoms with Crippen LogP contribution < -0.4 is 5.73 Å². The van der Waals surface area contributed by atoms with Gasteiger partial charge < -0.3 is 10.3 Å². The first kappa shape index (κ1) is 11.6. The first-order chi connectivity index (χ1) is 8.68. The van der Waals surface area contributed by atoms with E-state index in [0.717, 1.165) is 28.6 Å². The summed E-state index contributed by atoms with van der Waals surface area (Å²) in [5.41, 5.74) is 7.70. The molecule has 1 aliphatic heterocycles. The van der Waals surface area contributed by atoms with Gasteiger partial charge >= 0.3 is 0 Å². The lowest BCUT2D eigenvalue weighted by Crippen LogP contribution is -2.10. The molecular weight excluding hydrogens is 270 g/mol. The summed E-state index contributed by atoms with van der Waals surface area (Å²) in [6.45, 7) is 0.855. The predicted molar refractivity (Wildman–Crippen MR) is 71.9 cm³/mol. The molecule has 2 N–H and O–H groups in total. The van der Waals surface area contributed by atoms with Gasteiger partial charge in [0.15, 0.2) is 0 Å². The Bertz CT molecular complexity index is 638. The molecule has 0 unspecified atom stereocenters. The summed E-state index contributed by atoms with van der Waals surface area (Å²) >= 11 is 7.74. The molecule has 0 aliphatic carbocycles. The van der Waals surface area contributed by atoms with E-state index < -0.39 is 5.91 Å². The van der Waals surface area contributed by atoms with Gasteiger partial charge in [-0.05, 0) is 18.2 Å². The van der Waals surface area contributed by atoms with Crippen molar-refractivity contribution < 1.29 is 4.79 Å². The van der Waals surface area contributed by atoms with Crippen molar-refractivity contribution in [1.29, 1.82) is 0 Å². The number of carbonyl (C=O) groups is 1. The summed E-state index contributed by atoms with van der Waals surface area (Å²) in [7, 11) is 0. The zero-order valence-electron chi connectivity index (χ0n) is 9.39. The van der Waals surface area contributed by atoms with E-state index in [1.54, 1.807) is 24.0 Å². The summed E-state index contributed by atoms with van der Waals surface area (Å²) in [6.07, 6.45) is 1.64. The van der Waals surface area contributed by atoms with Crippen LogP contribution in [0.2, 0.25) is 5.15 Å². The number of carbonyl (C=O) groups excluding carboxylic acids is 1. The smallest absolute Gasteiger partial charge is 0.251 e. The van der Waals surface area contributed by atoms with Crippen LogP contribution in [0, 0.1) is 0 Å². The van der Waals surface area contributed by atoms with Crippen LogP contribution in [0.25, 0.3) is 11.3 Å².